The van der Waals surface area contributed by atoms with Crippen molar-refractivity contribution in [1.82, 2.24) is 0 Å². The highest BCUT2D eigenvalue weighted by Crippen LogP contribution is 2.35. The molecular weight excluding hydrogens is 443 g/mol. The van der Waals surface area contributed by atoms with Gasteiger partial charge in [-0.1, -0.05) is 43.7 Å². The molecule has 4 rings (SSSR count). The lowest BCUT2D eigenvalue weighted by Gasteiger charge is -2.26. The summed E-state index contributed by atoms with van der Waals surface area (Å²) >= 11 is 0. The van der Waals surface area contributed by atoms with Crippen LogP contribution in [0.4, 0.5) is 22.0 Å². The quantitative estimate of drug-likeness (QED) is 0.155. The summed E-state index contributed by atoms with van der Waals surface area (Å²) in [5.74, 6) is 0.0440. The van der Waals surface area contributed by atoms with Gasteiger partial charge < -0.3 is 0 Å². The fourth-order valence-corrected chi connectivity index (χ4v) is 4.54. The molecule has 1 aliphatic carbocycles. The van der Waals surface area contributed by atoms with Crippen LogP contribution in [0.25, 0.3) is 0 Å². The van der Waals surface area contributed by atoms with Crippen molar-refractivity contribution < 1.29 is 22.0 Å². The number of unbranched alkanes of at least 4 members (excludes halogenated alkanes) is 2. The molecule has 0 fully saturated rings. The molecule has 0 heterocycles. The third kappa shape index (κ3) is 5.33. The molecule has 34 heavy (non-hydrogen) atoms. The average Bonchev–Trinajstić information content (AvgIpc) is 2.81. The van der Waals surface area contributed by atoms with Crippen LogP contribution in [0.15, 0.2) is 42.5 Å². The van der Waals surface area contributed by atoms with Crippen LogP contribution in [0, 0.1) is 40.9 Å². The van der Waals surface area contributed by atoms with Gasteiger partial charge in [-0.05, 0) is 90.6 Å². The van der Waals surface area contributed by atoms with E-state index in [2.05, 4.69) is 18.8 Å². The molecule has 0 aliphatic heterocycles. The molecule has 0 saturated heterocycles. The van der Waals surface area contributed by atoms with E-state index in [4.69, 9.17) is 0 Å². The smallest absolute Gasteiger partial charge is 0.194 e. The number of hydrogen-bond acceptors (Lipinski definition) is 0. The number of halogens is 5. The first kappa shape index (κ1) is 24.0. The largest absolute Gasteiger partial charge is 0.207 e. The van der Waals surface area contributed by atoms with Crippen molar-refractivity contribution in [2.75, 3.05) is 0 Å². The zero-order chi connectivity index (χ0) is 24.2. The Labute approximate surface area is 196 Å². The number of hydrogen-bond donors (Lipinski definition) is 0. The van der Waals surface area contributed by atoms with Crippen LogP contribution in [0.1, 0.15) is 71.9 Å². The summed E-state index contributed by atoms with van der Waals surface area (Å²) < 4.78 is 69.4. The van der Waals surface area contributed by atoms with E-state index in [9.17, 15) is 22.0 Å². The van der Waals surface area contributed by atoms with E-state index in [1.54, 1.807) is 12.1 Å². The van der Waals surface area contributed by atoms with E-state index in [1.165, 1.54) is 6.07 Å². The molecule has 3 aromatic rings. The van der Waals surface area contributed by atoms with Crippen molar-refractivity contribution in [1.29, 1.82) is 0 Å². The SMILES string of the molecule is CCCCCc1ccc(C2CCc3cc(C#Cc4cc(F)c(F)c(F)c4)c(F)cc3C2)c(F)c1. The molecule has 176 valence electrons. The van der Waals surface area contributed by atoms with Crippen molar-refractivity contribution in [3.8, 4) is 11.8 Å². The van der Waals surface area contributed by atoms with Crippen LogP contribution < -0.4 is 0 Å². The van der Waals surface area contributed by atoms with E-state index in [-0.39, 0.29) is 22.9 Å². The molecule has 0 spiro atoms. The zero-order valence-electron chi connectivity index (χ0n) is 19.0. The molecule has 5 heteroatoms. The van der Waals surface area contributed by atoms with Crippen LogP contribution in [0.3, 0.4) is 0 Å². The van der Waals surface area contributed by atoms with Crippen molar-refractivity contribution in [2.24, 2.45) is 0 Å². The molecule has 1 unspecified atom stereocenters. The maximum absolute atomic E-state index is 14.8. The Morgan fingerprint density at radius 1 is 0.794 bits per heavy atom. The molecular formula is C29H25F5. The second-order valence-corrected chi connectivity index (χ2v) is 8.86. The first-order chi connectivity index (χ1) is 16.4. The maximum Gasteiger partial charge on any atom is 0.194 e. The van der Waals surface area contributed by atoms with Gasteiger partial charge in [0, 0.05) is 5.56 Å². The summed E-state index contributed by atoms with van der Waals surface area (Å²) in [4.78, 5) is 0. The molecule has 0 radical (unpaired) electrons. The molecule has 1 atom stereocenters. The van der Waals surface area contributed by atoms with Crippen molar-refractivity contribution in [2.45, 2.75) is 57.8 Å². The molecule has 0 amide bonds. The summed E-state index contributed by atoms with van der Waals surface area (Å²) in [7, 11) is 0. The van der Waals surface area contributed by atoms with Crippen LogP contribution in [0.2, 0.25) is 0 Å². The van der Waals surface area contributed by atoms with Crippen molar-refractivity contribution >= 4 is 0 Å². The number of benzene rings is 3. The van der Waals surface area contributed by atoms with Crippen LogP contribution in [-0.4, -0.2) is 0 Å². The van der Waals surface area contributed by atoms with Gasteiger partial charge in [0.1, 0.15) is 11.6 Å². The lowest BCUT2D eigenvalue weighted by Crippen LogP contribution is -2.15. The third-order valence-corrected chi connectivity index (χ3v) is 6.42. The lowest BCUT2D eigenvalue weighted by atomic mass is 9.79. The third-order valence-electron chi connectivity index (χ3n) is 6.42. The Hall–Kier alpha value is -3.13. The van der Waals surface area contributed by atoms with Gasteiger partial charge in [-0.3, -0.25) is 0 Å². The second-order valence-electron chi connectivity index (χ2n) is 8.86. The predicted octanol–water partition coefficient (Wildman–Crippen LogP) is 7.79. The standard InChI is InChI=1S/C29H25F5/c1-2-3-4-5-18-7-11-24(26(31)12-18)21-10-9-20-15-22(25(30)17-23(20)16-21)8-6-19-13-27(32)29(34)28(33)14-19/h7,11-15,17,21H,2-5,9-10,16H2,1H3. The molecule has 3 aromatic carbocycles. The Balaban J connectivity index is 1.52. The van der Waals surface area contributed by atoms with Crippen molar-refractivity contribution in [3.05, 3.63) is 105 Å². The molecule has 0 aromatic heterocycles. The Kier molecular flexibility index (Phi) is 7.36. The Morgan fingerprint density at radius 2 is 1.56 bits per heavy atom. The lowest BCUT2D eigenvalue weighted by molar-refractivity contribution is 0.446. The molecule has 0 nitrogen and oxygen atoms in total. The summed E-state index contributed by atoms with van der Waals surface area (Å²) in [6, 6.07) is 10.1. The van der Waals surface area contributed by atoms with Gasteiger partial charge in [-0.2, -0.15) is 0 Å². The molecule has 0 N–H and O–H groups in total. The normalized spacial score (nSPS) is 14.9. The highest BCUT2D eigenvalue weighted by molar-refractivity contribution is 5.48. The Bertz CT molecular complexity index is 1240. The van der Waals surface area contributed by atoms with Gasteiger partial charge in [-0.15, -0.1) is 0 Å². The number of aryl methyl sites for hydroxylation is 2. The fourth-order valence-electron chi connectivity index (χ4n) is 4.54. The van der Waals surface area contributed by atoms with Gasteiger partial charge in [0.25, 0.3) is 0 Å². The average molecular weight is 469 g/mol. The van der Waals surface area contributed by atoms with Gasteiger partial charge in [0.05, 0.1) is 5.56 Å². The Morgan fingerprint density at radius 3 is 2.26 bits per heavy atom. The van der Waals surface area contributed by atoms with Gasteiger partial charge in [0.15, 0.2) is 17.5 Å². The maximum atomic E-state index is 14.8. The predicted molar refractivity (Wildman–Crippen MR) is 123 cm³/mol. The van der Waals surface area contributed by atoms with Crippen LogP contribution >= 0.6 is 0 Å². The molecule has 0 saturated carbocycles. The highest BCUT2D eigenvalue weighted by Gasteiger charge is 2.24. The topological polar surface area (TPSA) is 0 Å². The number of fused-ring (bicyclic) bond motifs is 1. The second kappa shape index (κ2) is 10.4. The summed E-state index contributed by atoms with van der Waals surface area (Å²) in [5, 5.41) is 0. The van der Waals surface area contributed by atoms with E-state index >= 15 is 0 Å². The van der Waals surface area contributed by atoms with Crippen LogP contribution in [0.5, 0.6) is 0 Å². The van der Waals surface area contributed by atoms with E-state index in [0.29, 0.717) is 18.4 Å². The fraction of sp³-hybridized carbons (Fsp3) is 0.310. The van der Waals surface area contributed by atoms with Crippen LogP contribution in [-0.2, 0) is 19.3 Å². The minimum absolute atomic E-state index is 0.0290. The zero-order valence-corrected chi connectivity index (χ0v) is 19.0. The molecule has 0 bridgehead atoms. The minimum Gasteiger partial charge on any atom is -0.207 e. The monoisotopic (exact) mass is 468 g/mol. The first-order valence-electron chi connectivity index (χ1n) is 11.6. The van der Waals surface area contributed by atoms with E-state index < -0.39 is 23.3 Å². The summed E-state index contributed by atoms with van der Waals surface area (Å²) in [6.07, 6.45) is 6.05. The van der Waals surface area contributed by atoms with Gasteiger partial charge in [-0.25, -0.2) is 22.0 Å². The summed E-state index contributed by atoms with van der Waals surface area (Å²) in [5.41, 5.74) is 3.42. The van der Waals surface area contributed by atoms with E-state index in [1.807, 2.05) is 12.1 Å². The minimum atomic E-state index is -1.57. The highest BCUT2D eigenvalue weighted by atomic mass is 19.2. The molecule has 1 aliphatic rings. The van der Waals surface area contributed by atoms with Crippen molar-refractivity contribution in [3.63, 3.8) is 0 Å². The summed E-state index contributed by atoms with van der Waals surface area (Å²) in [6.45, 7) is 2.14. The number of rotatable bonds is 5. The van der Waals surface area contributed by atoms with Gasteiger partial charge >= 0.3 is 0 Å². The van der Waals surface area contributed by atoms with E-state index in [0.717, 1.165) is 60.9 Å². The van der Waals surface area contributed by atoms with Gasteiger partial charge in [0.2, 0.25) is 0 Å². The first-order valence-corrected chi connectivity index (χ1v) is 11.6.